The Hall–Kier alpha value is -7.40. The summed E-state index contributed by atoms with van der Waals surface area (Å²) in [4.78, 5) is 65.3. The van der Waals surface area contributed by atoms with Crippen LogP contribution in [0.2, 0.25) is 0 Å². The Bertz CT molecular complexity index is 2580. The molecule has 4 amide bonds. The largest absolute Gasteiger partial charge is 0.466 e. The van der Waals surface area contributed by atoms with Crippen LogP contribution in [0.3, 0.4) is 0 Å². The maximum Gasteiger partial charge on any atom is 0.414 e. The SMILES string of the molecule is CCOC(=O)CC1(O)CCN(CC2CN(c3ccc(C(=N)NC(=O)OCc4ccccc4)cc3)C(=O)O2)CC1.CS(=O)(=O)OCC1CN(c2ccc(C(=N)NC(=O)OCc3ccccc3)cc2)C(=O)O1. The van der Waals surface area contributed by atoms with E-state index < -0.39 is 52.2 Å². The van der Waals surface area contributed by atoms with Crippen LogP contribution in [0, 0.1) is 10.8 Å². The normalized spacial score (nSPS) is 17.5. The van der Waals surface area contributed by atoms with Crippen molar-refractivity contribution in [2.75, 3.05) is 62.0 Å². The van der Waals surface area contributed by atoms with Gasteiger partial charge in [0.25, 0.3) is 10.1 Å². The number of carbonyl (C=O) groups excluding carboxylic acids is 5. The molecule has 0 bridgehead atoms. The van der Waals surface area contributed by atoms with Crippen molar-refractivity contribution in [3.8, 4) is 0 Å². The van der Waals surface area contributed by atoms with Gasteiger partial charge in [0.15, 0.2) is 0 Å². The van der Waals surface area contributed by atoms with Crippen LogP contribution < -0.4 is 20.4 Å². The van der Waals surface area contributed by atoms with E-state index in [1.807, 2.05) is 60.7 Å². The van der Waals surface area contributed by atoms with Gasteiger partial charge in [0.1, 0.15) is 43.7 Å². The van der Waals surface area contributed by atoms with Crippen LogP contribution in [0.25, 0.3) is 0 Å². The second-order valence-corrected chi connectivity index (χ2v) is 18.1. The predicted octanol–water partition coefficient (Wildman–Crippen LogP) is 5.28. The lowest BCUT2D eigenvalue weighted by Crippen LogP contribution is -2.48. The first kappa shape index (κ1) is 52.0. The summed E-state index contributed by atoms with van der Waals surface area (Å²) in [6.07, 6.45) is -1.84. The van der Waals surface area contributed by atoms with Gasteiger partial charge < -0.3 is 28.8 Å². The topological polar surface area (TPSA) is 277 Å². The molecule has 7 rings (SSSR count). The number of likely N-dealkylation sites (tertiary alicyclic amines) is 1. The summed E-state index contributed by atoms with van der Waals surface area (Å²) in [5.74, 6) is -0.670. The van der Waals surface area contributed by atoms with Crippen molar-refractivity contribution in [2.24, 2.45) is 0 Å². The van der Waals surface area contributed by atoms with E-state index in [4.69, 9.17) is 34.5 Å². The molecule has 70 heavy (non-hydrogen) atoms. The number of anilines is 2. The number of benzene rings is 4. The highest BCUT2D eigenvalue weighted by Crippen LogP contribution is 2.28. The molecule has 0 aliphatic carbocycles. The van der Waals surface area contributed by atoms with Crippen LogP contribution in [-0.4, -0.2) is 130 Å². The first-order valence-electron chi connectivity index (χ1n) is 22.2. The Morgan fingerprint density at radius 2 is 1.14 bits per heavy atom. The smallest absolute Gasteiger partial charge is 0.414 e. The fourth-order valence-electron chi connectivity index (χ4n) is 7.43. The highest BCUT2D eigenvalue weighted by atomic mass is 32.2. The van der Waals surface area contributed by atoms with Gasteiger partial charge in [0.2, 0.25) is 0 Å². The molecule has 5 N–H and O–H groups in total. The number of rotatable bonds is 16. The molecule has 4 aromatic rings. The summed E-state index contributed by atoms with van der Waals surface area (Å²) in [5, 5.41) is 31.6. The minimum atomic E-state index is -3.63. The van der Waals surface area contributed by atoms with Gasteiger partial charge in [-0.1, -0.05) is 60.7 Å². The number of piperidine rings is 1. The summed E-state index contributed by atoms with van der Waals surface area (Å²) < 4.78 is 52.7. The van der Waals surface area contributed by atoms with E-state index in [0.29, 0.717) is 61.5 Å². The third-order valence-corrected chi connectivity index (χ3v) is 11.6. The molecule has 2 atom stereocenters. The van der Waals surface area contributed by atoms with Crippen molar-refractivity contribution >= 4 is 63.5 Å². The standard InChI is InChI=1S/C28H34N4O7.C20H21N3O7S/c1-2-37-24(33)16-28(36)12-14-31(15-13-28)17-23-18-32(27(35)39-23)22-10-8-21(9-11-22)25(29)30-26(34)38-19-20-6-4-3-5-7-20;1-31(26,27)29-13-17-11-23(20(25)30-17)16-9-7-15(8-10-16)18(21)22-19(24)28-12-14-5-3-2-4-6-14/h3-11,23,36H,2,12-19H2,1H3,(H2,29,30,34);2-10,17H,11-13H2,1H3,(H2,21,22,24). The van der Waals surface area contributed by atoms with Gasteiger partial charge >= 0.3 is 30.3 Å². The Labute approximate surface area is 404 Å². The molecule has 4 aromatic carbocycles. The van der Waals surface area contributed by atoms with Gasteiger partial charge in [-0.05, 0) is 79.4 Å². The quantitative estimate of drug-likeness (QED) is 0.0314. The van der Waals surface area contributed by atoms with Crippen molar-refractivity contribution in [1.82, 2.24) is 15.5 Å². The summed E-state index contributed by atoms with van der Waals surface area (Å²) in [6.45, 7) is 4.12. The molecular weight excluding hydrogens is 931 g/mol. The number of hydrogen-bond acceptors (Lipinski definition) is 17. The third-order valence-electron chi connectivity index (χ3n) is 11.1. The number of aliphatic hydroxyl groups is 1. The molecule has 0 radical (unpaired) electrons. The van der Waals surface area contributed by atoms with Gasteiger partial charge in [0.05, 0.1) is 38.0 Å². The Balaban J connectivity index is 0.000000236. The van der Waals surface area contributed by atoms with E-state index in [9.17, 15) is 37.5 Å². The van der Waals surface area contributed by atoms with Crippen LogP contribution in [0.15, 0.2) is 109 Å². The first-order valence-corrected chi connectivity index (χ1v) is 24.0. The van der Waals surface area contributed by atoms with Crippen molar-refractivity contribution in [3.05, 3.63) is 131 Å². The predicted molar refractivity (Wildman–Crippen MR) is 254 cm³/mol. The highest BCUT2D eigenvalue weighted by molar-refractivity contribution is 7.86. The molecule has 0 aromatic heterocycles. The average molecular weight is 986 g/mol. The summed E-state index contributed by atoms with van der Waals surface area (Å²) in [6, 6.07) is 31.4. The van der Waals surface area contributed by atoms with Gasteiger partial charge in [0, 0.05) is 42.1 Å². The van der Waals surface area contributed by atoms with Crippen LogP contribution in [0.5, 0.6) is 0 Å². The third kappa shape index (κ3) is 15.8. The molecule has 3 aliphatic rings. The Morgan fingerprint density at radius 3 is 1.59 bits per heavy atom. The Kier molecular flexibility index (Phi) is 18.0. The highest BCUT2D eigenvalue weighted by Gasteiger charge is 2.39. The minimum Gasteiger partial charge on any atom is -0.466 e. The number of amides is 4. The fraction of sp³-hybridized carbons (Fsp3) is 0.354. The van der Waals surface area contributed by atoms with Crippen molar-refractivity contribution in [1.29, 1.82) is 10.8 Å². The fourth-order valence-corrected chi connectivity index (χ4v) is 7.83. The number of hydrogen-bond donors (Lipinski definition) is 5. The first-order chi connectivity index (χ1) is 33.5. The molecule has 0 spiro atoms. The zero-order valence-electron chi connectivity index (χ0n) is 38.5. The van der Waals surface area contributed by atoms with E-state index in [2.05, 4.69) is 19.7 Å². The Morgan fingerprint density at radius 1 is 0.700 bits per heavy atom. The van der Waals surface area contributed by atoms with Gasteiger partial charge in [-0.2, -0.15) is 8.42 Å². The lowest BCUT2D eigenvalue weighted by Gasteiger charge is -2.38. The number of alkyl carbamates (subject to hydrolysis) is 2. The van der Waals surface area contributed by atoms with E-state index in [1.165, 1.54) is 9.80 Å². The molecule has 3 saturated heterocycles. The average Bonchev–Trinajstić information content (AvgIpc) is 3.91. The maximum atomic E-state index is 12.5. The molecular formula is C48H55N7O14S. The number of amidine groups is 2. The number of nitrogens with zero attached hydrogens (tertiary/aromatic N) is 3. The summed E-state index contributed by atoms with van der Waals surface area (Å²) in [7, 11) is -3.63. The molecule has 372 valence electrons. The zero-order chi connectivity index (χ0) is 50.3. The lowest BCUT2D eigenvalue weighted by atomic mass is 9.88. The molecule has 0 saturated carbocycles. The molecule has 22 heteroatoms. The summed E-state index contributed by atoms with van der Waals surface area (Å²) in [5.41, 5.74) is 2.59. The monoisotopic (exact) mass is 985 g/mol. The second-order valence-electron chi connectivity index (χ2n) is 16.4. The second kappa shape index (κ2) is 24.2. The number of esters is 1. The van der Waals surface area contributed by atoms with Gasteiger partial charge in [-0.25, -0.2) is 19.2 Å². The van der Waals surface area contributed by atoms with E-state index in [0.717, 1.165) is 17.4 Å². The van der Waals surface area contributed by atoms with Crippen LogP contribution in [0.4, 0.5) is 30.6 Å². The van der Waals surface area contributed by atoms with Gasteiger partial charge in [-0.15, -0.1) is 0 Å². The minimum absolute atomic E-state index is 0.0152. The zero-order valence-corrected chi connectivity index (χ0v) is 39.4. The van der Waals surface area contributed by atoms with Gasteiger partial charge in [-0.3, -0.25) is 45.1 Å². The molecule has 3 heterocycles. The van der Waals surface area contributed by atoms with Crippen molar-refractivity contribution < 1.29 is 65.4 Å². The van der Waals surface area contributed by atoms with Crippen molar-refractivity contribution in [2.45, 2.75) is 57.2 Å². The number of ether oxygens (including phenoxy) is 5. The van der Waals surface area contributed by atoms with Crippen LogP contribution >= 0.6 is 0 Å². The number of carbonyl (C=O) groups is 5. The van der Waals surface area contributed by atoms with E-state index in [-0.39, 0.29) is 57.2 Å². The summed E-state index contributed by atoms with van der Waals surface area (Å²) >= 11 is 0. The maximum absolute atomic E-state index is 12.5. The van der Waals surface area contributed by atoms with E-state index >= 15 is 0 Å². The molecule has 3 aliphatic heterocycles. The van der Waals surface area contributed by atoms with Crippen LogP contribution in [-0.2, 0) is 56.0 Å². The van der Waals surface area contributed by atoms with Crippen LogP contribution in [0.1, 0.15) is 48.4 Å². The lowest BCUT2D eigenvalue weighted by molar-refractivity contribution is -0.150. The van der Waals surface area contributed by atoms with Crippen molar-refractivity contribution in [3.63, 3.8) is 0 Å². The number of cyclic esters (lactones) is 2. The molecule has 2 unspecified atom stereocenters. The molecule has 21 nitrogen and oxygen atoms in total. The number of nitrogens with one attached hydrogen (secondary N) is 4. The van der Waals surface area contributed by atoms with E-state index in [1.54, 1.807) is 55.5 Å². The molecule has 3 fully saturated rings.